The number of aryl methyl sites for hydroxylation is 2. The fourth-order valence-corrected chi connectivity index (χ4v) is 4.21. The molecule has 7 heteroatoms. The highest BCUT2D eigenvalue weighted by Gasteiger charge is 2.12. The van der Waals surface area contributed by atoms with Gasteiger partial charge in [-0.15, -0.1) is 11.3 Å². The van der Waals surface area contributed by atoms with Crippen LogP contribution >= 0.6 is 11.3 Å². The zero-order chi connectivity index (χ0) is 22.0. The SMILES string of the molecule is Cc1ccc(C(N)=O)c(OCC(=O)Nc2ccc(-c3nc4ccc(C)cc4s3)cc2)c1. The number of fused-ring (bicyclic) bond motifs is 1. The lowest BCUT2D eigenvalue weighted by Gasteiger charge is -2.11. The Morgan fingerprint density at radius 1 is 1.00 bits per heavy atom. The molecule has 0 bridgehead atoms. The van der Waals surface area contributed by atoms with E-state index in [-0.39, 0.29) is 18.1 Å². The highest BCUT2D eigenvalue weighted by Crippen LogP contribution is 2.31. The maximum atomic E-state index is 12.3. The molecule has 0 fully saturated rings. The van der Waals surface area contributed by atoms with Crippen molar-refractivity contribution in [1.82, 2.24) is 4.98 Å². The predicted molar refractivity (Wildman–Crippen MR) is 124 cm³/mol. The second-order valence-electron chi connectivity index (χ2n) is 7.27. The standard InChI is InChI=1S/C24H21N3O3S/c1-14-3-9-18(23(25)29)20(11-14)30-13-22(28)26-17-7-5-16(6-8-17)24-27-19-10-4-15(2)12-21(19)31-24/h3-12H,13H2,1-2H3,(H2,25,29)(H,26,28). The maximum absolute atomic E-state index is 12.3. The molecule has 0 saturated carbocycles. The van der Waals surface area contributed by atoms with Gasteiger partial charge in [0.15, 0.2) is 6.61 Å². The average molecular weight is 432 g/mol. The normalized spacial score (nSPS) is 10.8. The first kappa shape index (κ1) is 20.6. The summed E-state index contributed by atoms with van der Waals surface area (Å²) in [5.41, 5.74) is 10.3. The number of primary amides is 1. The van der Waals surface area contributed by atoms with Crippen LogP contribution in [0.1, 0.15) is 21.5 Å². The first-order valence-electron chi connectivity index (χ1n) is 9.70. The molecule has 156 valence electrons. The number of anilines is 1. The lowest BCUT2D eigenvalue weighted by atomic mass is 10.1. The van der Waals surface area contributed by atoms with E-state index in [1.54, 1.807) is 29.5 Å². The summed E-state index contributed by atoms with van der Waals surface area (Å²) in [6, 6.07) is 18.7. The number of carbonyl (C=O) groups is 2. The molecule has 4 aromatic rings. The minimum atomic E-state index is -0.601. The lowest BCUT2D eigenvalue weighted by molar-refractivity contribution is -0.118. The largest absolute Gasteiger partial charge is 0.483 e. The third kappa shape index (κ3) is 4.73. The lowest BCUT2D eigenvalue weighted by Crippen LogP contribution is -2.21. The smallest absolute Gasteiger partial charge is 0.262 e. The van der Waals surface area contributed by atoms with Crippen LogP contribution in [-0.2, 0) is 4.79 Å². The molecule has 0 aliphatic heterocycles. The molecule has 0 radical (unpaired) electrons. The number of carbonyl (C=O) groups excluding carboxylic acids is 2. The van der Waals surface area contributed by atoms with Crippen molar-refractivity contribution in [3.8, 4) is 16.3 Å². The van der Waals surface area contributed by atoms with E-state index in [4.69, 9.17) is 10.5 Å². The van der Waals surface area contributed by atoms with Gasteiger partial charge < -0.3 is 15.8 Å². The molecule has 2 amide bonds. The Morgan fingerprint density at radius 2 is 1.71 bits per heavy atom. The predicted octanol–water partition coefficient (Wildman–Crippen LogP) is 4.70. The minimum Gasteiger partial charge on any atom is -0.483 e. The molecular weight excluding hydrogens is 410 g/mol. The van der Waals surface area contributed by atoms with Gasteiger partial charge in [-0.2, -0.15) is 0 Å². The number of hydrogen-bond acceptors (Lipinski definition) is 5. The number of benzene rings is 3. The molecular formula is C24H21N3O3S. The zero-order valence-corrected chi connectivity index (χ0v) is 18.0. The van der Waals surface area contributed by atoms with Crippen molar-refractivity contribution in [2.24, 2.45) is 5.73 Å². The van der Waals surface area contributed by atoms with Crippen LogP contribution in [0.15, 0.2) is 60.7 Å². The first-order valence-corrected chi connectivity index (χ1v) is 10.5. The van der Waals surface area contributed by atoms with E-state index in [1.165, 1.54) is 5.56 Å². The Kier molecular flexibility index (Phi) is 5.68. The molecule has 31 heavy (non-hydrogen) atoms. The number of hydrogen-bond donors (Lipinski definition) is 2. The topological polar surface area (TPSA) is 94.3 Å². The molecule has 1 heterocycles. The molecule has 0 aliphatic carbocycles. The summed E-state index contributed by atoms with van der Waals surface area (Å²) in [6.45, 7) is 3.70. The van der Waals surface area contributed by atoms with Gasteiger partial charge in [-0.1, -0.05) is 12.1 Å². The summed E-state index contributed by atoms with van der Waals surface area (Å²) in [6.07, 6.45) is 0. The number of aromatic nitrogens is 1. The number of nitrogens with two attached hydrogens (primary N) is 1. The van der Waals surface area contributed by atoms with Gasteiger partial charge in [0, 0.05) is 11.3 Å². The van der Waals surface area contributed by atoms with Crippen LogP contribution in [-0.4, -0.2) is 23.4 Å². The molecule has 3 aromatic carbocycles. The summed E-state index contributed by atoms with van der Waals surface area (Å²) in [5, 5.41) is 3.72. The van der Waals surface area contributed by atoms with Crippen LogP contribution in [0.25, 0.3) is 20.8 Å². The second-order valence-corrected chi connectivity index (χ2v) is 8.30. The van der Waals surface area contributed by atoms with E-state index < -0.39 is 5.91 Å². The van der Waals surface area contributed by atoms with Gasteiger partial charge in [0.25, 0.3) is 11.8 Å². The van der Waals surface area contributed by atoms with Gasteiger partial charge in [0.1, 0.15) is 10.8 Å². The van der Waals surface area contributed by atoms with Crippen LogP contribution in [0.2, 0.25) is 0 Å². The van der Waals surface area contributed by atoms with Crippen LogP contribution < -0.4 is 15.8 Å². The molecule has 0 atom stereocenters. The Morgan fingerprint density at radius 3 is 2.45 bits per heavy atom. The number of nitrogens with zero attached hydrogens (tertiary/aromatic N) is 1. The van der Waals surface area contributed by atoms with Gasteiger partial charge in [-0.05, 0) is 73.5 Å². The number of thiazole rings is 1. The van der Waals surface area contributed by atoms with Crippen molar-refractivity contribution in [1.29, 1.82) is 0 Å². The number of amides is 2. The Bertz CT molecular complexity index is 1280. The van der Waals surface area contributed by atoms with Gasteiger partial charge in [-0.3, -0.25) is 9.59 Å². The molecule has 3 N–H and O–H groups in total. The molecule has 0 spiro atoms. The molecule has 0 aliphatic rings. The van der Waals surface area contributed by atoms with E-state index in [9.17, 15) is 9.59 Å². The number of nitrogens with one attached hydrogen (secondary N) is 1. The summed E-state index contributed by atoms with van der Waals surface area (Å²) in [4.78, 5) is 28.5. The summed E-state index contributed by atoms with van der Waals surface area (Å²) < 4.78 is 6.68. The summed E-state index contributed by atoms with van der Waals surface area (Å²) in [5.74, 6) is -0.639. The van der Waals surface area contributed by atoms with Crippen molar-refractivity contribution in [3.63, 3.8) is 0 Å². The highest BCUT2D eigenvalue weighted by molar-refractivity contribution is 7.21. The van der Waals surface area contributed by atoms with Crippen LogP contribution in [0.5, 0.6) is 5.75 Å². The molecule has 0 unspecified atom stereocenters. The van der Waals surface area contributed by atoms with E-state index >= 15 is 0 Å². The van der Waals surface area contributed by atoms with E-state index in [0.717, 1.165) is 26.4 Å². The van der Waals surface area contributed by atoms with Crippen LogP contribution in [0.4, 0.5) is 5.69 Å². The minimum absolute atomic E-state index is 0.233. The van der Waals surface area contributed by atoms with E-state index in [2.05, 4.69) is 29.4 Å². The van der Waals surface area contributed by atoms with Crippen molar-refractivity contribution < 1.29 is 14.3 Å². The average Bonchev–Trinajstić information content (AvgIpc) is 3.16. The fraction of sp³-hybridized carbons (Fsp3) is 0.125. The third-order valence-corrected chi connectivity index (χ3v) is 5.79. The maximum Gasteiger partial charge on any atom is 0.262 e. The fourth-order valence-electron chi connectivity index (χ4n) is 3.14. The number of ether oxygens (including phenoxy) is 1. The van der Waals surface area contributed by atoms with Gasteiger partial charge in [0.2, 0.25) is 0 Å². The third-order valence-electron chi connectivity index (χ3n) is 4.72. The first-order chi connectivity index (χ1) is 14.9. The van der Waals surface area contributed by atoms with Crippen molar-refractivity contribution in [2.45, 2.75) is 13.8 Å². The van der Waals surface area contributed by atoms with Crippen molar-refractivity contribution in [3.05, 3.63) is 77.4 Å². The van der Waals surface area contributed by atoms with Gasteiger partial charge >= 0.3 is 0 Å². The summed E-state index contributed by atoms with van der Waals surface area (Å²) in [7, 11) is 0. The summed E-state index contributed by atoms with van der Waals surface area (Å²) >= 11 is 1.64. The van der Waals surface area contributed by atoms with E-state index in [0.29, 0.717) is 11.4 Å². The molecule has 4 rings (SSSR count). The van der Waals surface area contributed by atoms with Crippen molar-refractivity contribution in [2.75, 3.05) is 11.9 Å². The monoisotopic (exact) mass is 431 g/mol. The molecule has 1 aromatic heterocycles. The molecule has 0 saturated heterocycles. The van der Waals surface area contributed by atoms with E-state index in [1.807, 2.05) is 37.3 Å². The Balaban J connectivity index is 1.41. The second kappa shape index (κ2) is 8.57. The van der Waals surface area contributed by atoms with Gasteiger partial charge in [0.05, 0.1) is 15.8 Å². The van der Waals surface area contributed by atoms with Gasteiger partial charge in [-0.25, -0.2) is 4.98 Å². The van der Waals surface area contributed by atoms with Crippen molar-refractivity contribution >= 4 is 39.1 Å². The Hall–Kier alpha value is -3.71. The number of rotatable bonds is 6. The van der Waals surface area contributed by atoms with Crippen LogP contribution in [0.3, 0.4) is 0 Å². The highest BCUT2D eigenvalue weighted by atomic mass is 32.1. The van der Waals surface area contributed by atoms with Crippen LogP contribution in [0, 0.1) is 13.8 Å². The molecule has 6 nitrogen and oxygen atoms in total. The quantitative estimate of drug-likeness (QED) is 0.463. The Labute approximate surface area is 183 Å². The zero-order valence-electron chi connectivity index (χ0n) is 17.1.